The summed E-state index contributed by atoms with van der Waals surface area (Å²) in [6.07, 6.45) is 5.07. The van der Waals surface area contributed by atoms with Crippen molar-refractivity contribution in [3.63, 3.8) is 0 Å². The highest BCUT2D eigenvalue weighted by atomic mass is 16.4. The molecule has 0 saturated heterocycles. The summed E-state index contributed by atoms with van der Waals surface area (Å²) in [7, 11) is 0. The Hall–Kier alpha value is -1.39. The van der Waals surface area contributed by atoms with Crippen LogP contribution in [0.5, 0.6) is 0 Å². The smallest absolute Gasteiger partial charge is 0.335 e. The summed E-state index contributed by atoms with van der Waals surface area (Å²) in [5, 5.41) is 19.2. The van der Waals surface area contributed by atoms with Crippen LogP contribution in [0.4, 0.5) is 0 Å². The highest BCUT2D eigenvalue weighted by molar-refractivity contribution is 5.87. The van der Waals surface area contributed by atoms with E-state index in [1.54, 1.807) is 12.1 Å². The van der Waals surface area contributed by atoms with Crippen LogP contribution in [-0.2, 0) is 0 Å². The minimum Gasteiger partial charge on any atom is -0.478 e. The first kappa shape index (κ1) is 14.0. The highest BCUT2D eigenvalue weighted by Crippen LogP contribution is 2.31. The summed E-state index contributed by atoms with van der Waals surface area (Å²) in [4.78, 5) is 10.8. The van der Waals surface area contributed by atoms with Gasteiger partial charge in [-0.3, -0.25) is 0 Å². The molecule has 104 valence electrons. The van der Waals surface area contributed by atoms with Gasteiger partial charge in [-0.2, -0.15) is 0 Å². The van der Waals surface area contributed by atoms with Gasteiger partial charge in [-0.25, -0.2) is 4.79 Å². The number of nitrogens with two attached hydrogens (primary N) is 1. The van der Waals surface area contributed by atoms with E-state index in [1.807, 2.05) is 0 Å². The van der Waals surface area contributed by atoms with Crippen LogP contribution in [0.1, 0.15) is 54.1 Å². The van der Waals surface area contributed by atoms with Crippen LogP contribution in [0.2, 0.25) is 0 Å². The van der Waals surface area contributed by atoms with Crippen LogP contribution in [-0.4, -0.2) is 22.3 Å². The lowest BCUT2D eigenvalue weighted by Crippen LogP contribution is -2.34. The second kappa shape index (κ2) is 6.17. The first-order chi connectivity index (χ1) is 9.09. The summed E-state index contributed by atoms with van der Waals surface area (Å²) < 4.78 is 0. The topological polar surface area (TPSA) is 83.6 Å². The maximum Gasteiger partial charge on any atom is 0.335 e. The zero-order valence-corrected chi connectivity index (χ0v) is 11.0. The molecular weight excluding hydrogens is 242 g/mol. The molecule has 0 aromatic heterocycles. The van der Waals surface area contributed by atoms with Gasteiger partial charge in [-0.15, -0.1) is 0 Å². The number of aliphatic hydroxyl groups is 1. The molecule has 19 heavy (non-hydrogen) atoms. The van der Waals surface area contributed by atoms with E-state index in [0.29, 0.717) is 0 Å². The molecule has 1 saturated carbocycles. The van der Waals surface area contributed by atoms with Crippen molar-refractivity contribution in [3.05, 3.63) is 35.4 Å². The third-order valence-corrected chi connectivity index (χ3v) is 4.04. The summed E-state index contributed by atoms with van der Waals surface area (Å²) in [5.74, 6) is -0.684. The van der Waals surface area contributed by atoms with Gasteiger partial charge in [0.1, 0.15) is 0 Å². The molecular formula is C15H21NO3. The van der Waals surface area contributed by atoms with E-state index in [4.69, 9.17) is 10.8 Å². The van der Waals surface area contributed by atoms with Crippen molar-refractivity contribution < 1.29 is 15.0 Å². The van der Waals surface area contributed by atoms with Crippen LogP contribution in [0.25, 0.3) is 0 Å². The quantitative estimate of drug-likeness (QED) is 0.778. The van der Waals surface area contributed by atoms with E-state index in [2.05, 4.69) is 0 Å². The van der Waals surface area contributed by atoms with Gasteiger partial charge >= 0.3 is 5.97 Å². The normalized spacial score (nSPS) is 19.9. The van der Waals surface area contributed by atoms with E-state index < -0.39 is 18.1 Å². The summed E-state index contributed by atoms with van der Waals surface area (Å²) in [6, 6.07) is 6.02. The van der Waals surface area contributed by atoms with Crippen molar-refractivity contribution in [2.24, 2.45) is 11.7 Å². The first-order valence-corrected chi connectivity index (χ1v) is 6.86. The maximum atomic E-state index is 10.8. The Labute approximate surface area is 113 Å². The second-order valence-electron chi connectivity index (χ2n) is 5.34. The summed E-state index contributed by atoms with van der Waals surface area (Å²) >= 11 is 0. The van der Waals surface area contributed by atoms with Gasteiger partial charge in [0.15, 0.2) is 0 Å². The molecule has 0 heterocycles. The largest absolute Gasteiger partial charge is 0.478 e. The first-order valence-electron chi connectivity index (χ1n) is 6.86. The molecule has 4 nitrogen and oxygen atoms in total. The Morgan fingerprint density at radius 1 is 1.16 bits per heavy atom. The number of hydrogen-bond donors (Lipinski definition) is 3. The van der Waals surface area contributed by atoms with E-state index in [-0.39, 0.29) is 11.5 Å². The molecule has 4 heteroatoms. The van der Waals surface area contributed by atoms with Crippen LogP contribution in [0.15, 0.2) is 24.3 Å². The predicted molar refractivity (Wildman–Crippen MR) is 72.9 cm³/mol. The molecule has 0 radical (unpaired) electrons. The molecule has 0 spiro atoms. The lowest BCUT2D eigenvalue weighted by molar-refractivity contribution is 0.0618. The predicted octanol–water partition coefficient (Wildman–Crippen LogP) is 2.33. The molecule has 0 amide bonds. The van der Waals surface area contributed by atoms with Gasteiger partial charge in [0.2, 0.25) is 0 Å². The zero-order chi connectivity index (χ0) is 13.8. The molecule has 1 fully saturated rings. The fraction of sp³-hybridized carbons (Fsp3) is 0.533. The number of aromatic carboxylic acids is 1. The number of aliphatic hydroxyl groups excluding tert-OH is 1. The number of benzene rings is 1. The van der Waals surface area contributed by atoms with Crippen LogP contribution in [0.3, 0.4) is 0 Å². The van der Waals surface area contributed by atoms with E-state index in [9.17, 15) is 9.90 Å². The molecule has 1 aromatic carbocycles. The third kappa shape index (κ3) is 3.33. The standard InChI is InChI=1S/C15H21NO3/c16-13(14(17)11-4-2-1-3-5-11)10-6-8-12(9-7-10)15(18)19/h6-9,11,13-14,17H,1-5,16H2,(H,18,19)/t13-,14+/m1/s1. The van der Waals surface area contributed by atoms with Crippen molar-refractivity contribution in [2.45, 2.75) is 44.2 Å². The zero-order valence-electron chi connectivity index (χ0n) is 11.0. The summed E-state index contributed by atoms with van der Waals surface area (Å²) in [5.41, 5.74) is 7.13. The fourth-order valence-corrected chi connectivity index (χ4v) is 2.81. The van der Waals surface area contributed by atoms with Gasteiger partial charge in [-0.05, 0) is 36.5 Å². The Kier molecular flexibility index (Phi) is 4.56. The average molecular weight is 263 g/mol. The van der Waals surface area contributed by atoms with E-state index in [1.165, 1.54) is 18.6 Å². The van der Waals surface area contributed by atoms with Gasteiger partial charge in [-0.1, -0.05) is 31.4 Å². The molecule has 1 aliphatic rings. The number of carbonyl (C=O) groups is 1. The minimum absolute atomic E-state index is 0.239. The third-order valence-electron chi connectivity index (χ3n) is 4.04. The Balaban J connectivity index is 2.05. The fourth-order valence-electron chi connectivity index (χ4n) is 2.81. The maximum absolute atomic E-state index is 10.8. The van der Waals surface area contributed by atoms with Crippen molar-refractivity contribution in [2.75, 3.05) is 0 Å². The molecule has 0 bridgehead atoms. The van der Waals surface area contributed by atoms with E-state index in [0.717, 1.165) is 31.2 Å². The molecule has 2 atom stereocenters. The van der Waals surface area contributed by atoms with Gasteiger partial charge < -0.3 is 15.9 Å². The Morgan fingerprint density at radius 3 is 2.26 bits per heavy atom. The molecule has 1 aromatic rings. The van der Waals surface area contributed by atoms with Gasteiger partial charge in [0.05, 0.1) is 17.7 Å². The van der Waals surface area contributed by atoms with Crippen molar-refractivity contribution in [3.8, 4) is 0 Å². The number of carboxylic acid groups (broad SMARTS) is 1. The molecule has 4 N–H and O–H groups in total. The average Bonchev–Trinajstić information content (AvgIpc) is 2.46. The molecule has 2 rings (SSSR count). The van der Waals surface area contributed by atoms with Gasteiger partial charge in [0.25, 0.3) is 0 Å². The number of carboxylic acids is 1. The highest BCUT2D eigenvalue weighted by Gasteiger charge is 2.27. The Bertz CT molecular complexity index is 424. The summed E-state index contributed by atoms with van der Waals surface area (Å²) in [6.45, 7) is 0. The lowest BCUT2D eigenvalue weighted by Gasteiger charge is -2.30. The Morgan fingerprint density at radius 2 is 1.74 bits per heavy atom. The molecule has 1 aliphatic carbocycles. The molecule has 0 aliphatic heterocycles. The number of rotatable bonds is 4. The monoisotopic (exact) mass is 263 g/mol. The van der Waals surface area contributed by atoms with Gasteiger partial charge in [0, 0.05) is 0 Å². The van der Waals surface area contributed by atoms with Crippen molar-refractivity contribution in [1.82, 2.24) is 0 Å². The minimum atomic E-state index is -0.951. The van der Waals surface area contributed by atoms with Crippen LogP contribution in [0, 0.1) is 5.92 Å². The second-order valence-corrected chi connectivity index (χ2v) is 5.34. The van der Waals surface area contributed by atoms with Crippen molar-refractivity contribution >= 4 is 5.97 Å². The van der Waals surface area contributed by atoms with Crippen LogP contribution >= 0.6 is 0 Å². The van der Waals surface area contributed by atoms with Crippen molar-refractivity contribution in [1.29, 1.82) is 0 Å². The van der Waals surface area contributed by atoms with Crippen LogP contribution < -0.4 is 5.73 Å². The van der Waals surface area contributed by atoms with E-state index >= 15 is 0 Å². The number of hydrogen-bond acceptors (Lipinski definition) is 3. The SMILES string of the molecule is N[C@H](c1ccc(C(=O)O)cc1)[C@@H](O)C1CCCCC1. The lowest BCUT2D eigenvalue weighted by atomic mass is 9.81. The molecule has 0 unspecified atom stereocenters.